The van der Waals surface area contributed by atoms with Crippen molar-refractivity contribution in [3.05, 3.63) is 65.7 Å². The van der Waals surface area contributed by atoms with E-state index in [4.69, 9.17) is 9.47 Å². The molecule has 0 atom stereocenters. The summed E-state index contributed by atoms with van der Waals surface area (Å²) in [5.74, 6) is 1.59. The van der Waals surface area contributed by atoms with Crippen molar-refractivity contribution in [2.75, 3.05) is 19.0 Å². The predicted molar refractivity (Wildman–Crippen MR) is 120 cm³/mol. The number of alkyl halides is 1. The number of carbonyl (C=O) groups is 1. The molecule has 0 saturated heterocycles. The van der Waals surface area contributed by atoms with Crippen molar-refractivity contribution in [3.63, 3.8) is 0 Å². The molecule has 28 heavy (non-hydrogen) atoms. The second kappa shape index (κ2) is 13.2. The van der Waals surface area contributed by atoms with Gasteiger partial charge in [0.2, 0.25) is 0 Å². The quantitative estimate of drug-likeness (QED) is 0.149. The van der Waals surface area contributed by atoms with Crippen LogP contribution in [0.5, 0.6) is 11.5 Å². The van der Waals surface area contributed by atoms with E-state index in [-0.39, 0.29) is 5.78 Å². The fourth-order valence-corrected chi connectivity index (χ4v) is 3.19. The zero-order chi connectivity index (χ0) is 20.0. The monoisotopic (exact) mass is 444 g/mol. The third-order valence-corrected chi connectivity index (χ3v) is 5.04. The lowest BCUT2D eigenvalue weighted by Crippen LogP contribution is -1.99. The summed E-state index contributed by atoms with van der Waals surface area (Å²) in [6.07, 6.45) is 10.8. The van der Waals surface area contributed by atoms with Crippen LogP contribution in [0, 0.1) is 0 Å². The Labute approximate surface area is 176 Å². The number of carbonyl (C=O) groups excluding carboxylic acids is 1. The van der Waals surface area contributed by atoms with E-state index < -0.39 is 0 Å². The van der Waals surface area contributed by atoms with Gasteiger partial charge in [-0.1, -0.05) is 59.8 Å². The van der Waals surface area contributed by atoms with Gasteiger partial charge in [-0.25, -0.2) is 0 Å². The van der Waals surface area contributed by atoms with E-state index in [0.29, 0.717) is 5.56 Å². The smallest absolute Gasteiger partial charge is 0.185 e. The molecule has 0 aliphatic rings. The van der Waals surface area contributed by atoms with Gasteiger partial charge in [-0.2, -0.15) is 0 Å². The van der Waals surface area contributed by atoms with Crippen LogP contribution in [0.1, 0.15) is 54.4 Å². The molecule has 0 spiro atoms. The lowest BCUT2D eigenvalue weighted by atomic mass is 10.1. The Balaban J connectivity index is 1.72. The second-order valence-corrected chi connectivity index (χ2v) is 7.45. The van der Waals surface area contributed by atoms with E-state index in [9.17, 15) is 4.79 Å². The summed E-state index contributed by atoms with van der Waals surface area (Å²) in [5, 5.41) is 1.10. The van der Waals surface area contributed by atoms with E-state index in [0.717, 1.165) is 35.4 Å². The van der Waals surface area contributed by atoms with Crippen molar-refractivity contribution in [1.82, 2.24) is 0 Å². The minimum atomic E-state index is -0.0224. The van der Waals surface area contributed by atoms with Crippen LogP contribution < -0.4 is 9.47 Å². The van der Waals surface area contributed by atoms with Crippen LogP contribution in [0.25, 0.3) is 6.08 Å². The Morgan fingerprint density at radius 1 is 0.857 bits per heavy atom. The largest absolute Gasteiger partial charge is 0.497 e. The third kappa shape index (κ3) is 8.30. The van der Waals surface area contributed by atoms with Gasteiger partial charge in [0.05, 0.1) is 13.7 Å². The number of hydrogen-bond donors (Lipinski definition) is 0. The molecule has 2 aromatic carbocycles. The Morgan fingerprint density at radius 2 is 1.46 bits per heavy atom. The first-order valence-electron chi connectivity index (χ1n) is 9.88. The highest BCUT2D eigenvalue weighted by molar-refractivity contribution is 9.09. The van der Waals surface area contributed by atoms with Crippen molar-refractivity contribution >= 4 is 27.8 Å². The van der Waals surface area contributed by atoms with Gasteiger partial charge >= 0.3 is 0 Å². The number of hydrogen-bond acceptors (Lipinski definition) is 3. The summed E-state index contributed by atoms with van der Waals surface area (Å²) in [7, 11) is 1.63. The van der Waals surface area contributed by atoms with E-state index in [1.807, 2.05) is 54.6 Å². The van der Waals surface area contributed by atoms with Crippen LogP contribution in [0.3, 0.4) is 0 Å². The molecule has 0 radical (unpaired) electrons. The summed E-state index contributed by atoms with van der Waals surface area (Å²) in [4.78, 5) is 12.3. The first-order valence-corrected chi connectivity index (χ1v) is 11.0. The number of rotatable bonds is 13. The lowest BCUT2D eigenvalue weighted by Gasteiger charge is -2.06. The molecule has 4 heteroatoms. The Kier molecular flexibility index (Phi) is 10.4. The van der Waals surface area contributed by atoms with E-state index in [1.54, 1.807) is 13.2 Å². The van der Waals surface area contributed by atoms with Crippen molar-refractivity contribution in [3.8, 4) is 11.5 Å². The molecule has 0 aromatic heterocycles. The van der Waals surface area contributed by atoms with Crippen LogP contribution in [0.2, 0.25) is 0 Å². The average molecular weight is 445 g/mol. The van der Waals surface area contributed by atoms with Gasteiger partial charge in [0.15, 0.2) is 5.78 Å². The molecule has 150 valence electrons. The maximum absolute atomic E-state index is 12.3. The van der Waals surface area contributed by atoms with Gasteiger partial charge in [0.25, 0.3) is 0 Å². The first kappa shape index (κ1) is 22.2. The van der Waals surface area contributed by atoms with Crippen molar-refractivity contribution in [1.29, 1.82) is 0 Å². The molecule has 2 rings (SSSR count). The molecule has 3 nitrogen and oxygen atoms in total. The SMILES string of the molecule is COc1ccc(C=CC(=O)c2ccc(OCCCCCCCCBr)cc2)cc1. The maximum atomic E-state index is 12.3. The number of ketones is 1. The standard InChI is InChI=1S/C24H29BrO3/c1-27-22-13-8-20(9-14-22)10-17-24(26)21-11-15-23(16-12-21)28-19-7-5-3-2-4-6-18-25/h8-17H,2-7,18-19H2,1H3. The normalized spacial score (nSPS) is 10.9. The summed E-state index contributed by atoms with van der Waals surface area (Å²) in [6.45, 7) is 0.725. The number of benzene rings is 2. The van der Waals surface area contributed by atoms with Crippen LogP contribution in [-0.2, 0) is 0 Å². The molecule has 0 N–H and O–H groups in total. The minimum absolute atomic E-state index is 0.0224. The maximum Gasteiger partial charge on any atom is 0.185 e. The van der Waals surface area contributed by atoms with Gasteiger partial charge in [0.1, 0.15) is 11.5 Å². The highest BCUT2D eigenvalue weighted by Gasteiger charge is 2.03. The molecule has 0 fully saturated rings. The molecule has 0 amide bonds. The molecule has 2 aromatic rings. The molecule has 0 unspecified atom stereocenters. The zero-order valence-electron chi connectivity index (χ0n) is 16.5. The lowest BCUT2D eigenvalue weighted by molar-refractivity contribution is 0.104. The van der Waals surface area contributed by atoms with Crippen molar-refractivity contribution < 1.29 is 14.3 Å². The molecule has 0 heterocycles. The Bertz CT molecular complexity index is 721. The summed E-state index contributed by atoms with van der Waals surface area (Å²) < 4.78 is 10.9. The fraction of sp³-hybridized carbons (Fsp3) is 0.375. The van der Waals surface area contributed by atoms with Crippen LogP contribution >= 0.6 is 15.9 Å². The van der Waals surface area contributed by atoms with Crippen LogP contribution in [0.15, 0.2) is 54.6 Å². The van der Waals surface area contributed by atoms with Crippen LogP contribution in [-0.4, -0.2) is 24.8 Å². The fourth-order valence-electron chi connectivity index (χ4n) is 2.79. The van der Waals surface area contributed by atoms with Gasteiger partial charge in [-0.05, 0) is 60.9 Å². The number of methoxy groups -OCH3 is 1. The highest BCUT2D eigenvalue weighted by atomic mass is 79.9. The highest BCUT2D eigenvalue weighted by Crippen LogP contribution is 2.16. The number of ether oxygens (including phenoxy) is 2. The first-order chi connectivity index (χ1) is 13.7. The predicted octanol–water partition coefficient (Wildman–Crippen LogP) is 6.71. The second-order valence-electron chi connectivity index (χ2n) is 6.65. The van der Waals surface area contributed by atoms with Crippen molar-refractivity contribution in [2.24, 2.45) is 0 Å². The van der Waals surface area contributed by atoms with E-state index in [2.05, 4.69) is 15.9 Å². The average Bonchev–Trinajstić information content (AvgIpc) is 2.74. The molecule has 0 saturated carbocycles. The third-order valence-electron chi connectivity index (χ3n) is 4.48. The Morgan fingerprint density at radius 3 is 2.11 bits per heavy atom. The molecule has 0 bridgehead atoms. The van der Waals surface area contributed by atoms with Crippen molar-refractivity contribution in [2.45, 2.75) is 38.5 Å². The molecule has 0 aliphatic carbocycles. The summed E-state index contributed by atoms with van der Waals surface area (Å²) in [6, 6.07) is 14.9. The summed E-state index contributed by atoms with van der Waals surface area (Å²) >= 11 is 3.46. The topological polar surface area (TPSA) is 35.5 Å². The number of unbranched alkanes of at least 4 members (excludes halogenated alkanes) is 5. The van der Waals surface area contributed by atoms with Gasteiger partial charge in [-0.3, -0.25) is 4.79 Å². The minimum Gasteiger partial charge on any atom is -0.497 e. The Hall–Kier alpha value is -2.07. The molecular weight excluding hydrogens is 416 g/mol. The van der Waals surface area contributed by atoms with E-state index in [1.165, 1.54) is 32.1 Å². The van der Waals surface area contributed by atoms with Gasteiger partial charge < -0.3 is 9.47 Å². The number of halogens is 1. The molecular formula is C24H29BrO3. The summed E-state index contributed by atoms with van der Waals surface area (Å²) in [5.41, 5.74) is 1.62. The van der Waals surface area contributed by atoms with E-state index >= 15 is 0 Å². The van der Waals surface area contributed by atoms with Gasteiger partial charge in [0, 0.05) is 10.9 Å². The number of allylic oxidation sites excluding steroid dienone is 1. The van der Waals surface area contributed by atoms with Gasteiger partial charge in [-0.15, -0.1) is 0 Å². The molecule has 0 aliphatic heterocycles. The van der Waals surface area contributed by atoms with Crippen LogP contribution in [0.4, 0.5) is 0 Å². The zero-order valence-corrected chi connectivity index (χ0v) is 18.1.